The molecule has 2 heterocycles. The van der Waals surface area contributed by atoms with Crippen molar-refractivity contribution in [1.82, 2.24) is 15.3 Å². The first-order chi connectivity index (χ1) is 8.16. The smallest absolute Gasteiger partial charge is 0.106 e. The molecule has 5 heteroatoms. The van der Waals surface area contributed by atoms with Crippen LogP contribution in [-0.4, -0.2) is 9.97 Å². The number of aryl methyl sites for hydroxylation is 1. The summed E-state index contributed by atoms with van der Waals surface area (Å²) >= 11 is 5.07. The lowest BCUT2D eigenvalue weighted by atomic mass is 10.2. The van der Waals surface area contributed by atoms with Gasteiger partial charge in [0.2, 0.25) is 0 Å². The summed E-state index contributed by atoms with van der Waals surface area (Å²) in [6.45, 7) is 4.99. The first kappa shape index (κ1) is 12.7. The van der Waals surface area contributed by atoms with Crippen molar-refractivity contribution in [3.05, 3.63) is 44.6 Å². The van der Waals surface area contributed by atoms with E-state index in [1.807, 2.05) is 30.6 Å². The molecule has 2 aromatic heterocycles. The van der Waals surface area contributed by atoms with Crippen LogP contribution in [0.4, 0.5) is 0 Å². The molecule has 0 aromatic carbocycles. The summed E-state index contributed by atoms with van der Waals surface area (Å²) in [6, 6.07) is 6.20. The largest absolute Gasteiger partial charge is 0.304 e. The fourth-order valence-corrected chi connectivity index (χ4v) is 2.60. The van der Waals surface area contributed by atoms with E-state index < -0.39 is 0 Å². The molecular weight excluding hydrogens is 298 g/mol. The van der Waals surface area contributed by atoms with Crippen molar-refractivity contribution in [3.8, 4) is 0 Å². The van der Waals surface area contributed by atoms with Gasteiger partial charge in [-0.3, -0.25) is 0 Å². The van der Waals surface area contributed by atoms with Gasteiger partial charge in [0.1, 0.15) is 4.60 Å². The Labute approximate surface area is 113 Å². The zero-order valence-corrected chi connectivity index (χ0v) is 12.2. The molecular formula is C12H14BrN3S. The second-order valence-electron chi connectivity index (χ2n) is 3.85. The van der Waals surface area contributed by atoms with Crippen molar-refractivity contribution in [2.45, 2.75) is 26.4 Å². The van der Waals surface area contributed by atoms with Crippen LogP contribution >= 0.6 is 27.3 Å². The van der Waals surface area contributed by atoms with Crippen LogP contribution in [0, 0.1) is 6.92 Å². The van der Waals surface area contributed by atoms with Gasteiger partial charge in [-0.1, -0.05) is 6.07 Å². The van der Waals surface area contributed by atoms with Crippen LogP contribution < -0.4 is 5.32 Å². The van der Waals surface area contributed by atoms with Gasteiger partial charge >= 0.3 is 0 Å². The lowest BCUT2D eigenvalue weighted by Gasteiger charge is -2.12. The van der Waals surface area contributed by atoms with E-state index in [4.69, 9.17) is 0 Å². The van der Waals surface area contributed by atoms with Crippen molar-refractivity contribution in [2.75, 3.05) is 0 Å². The summed E-state index contributed by atoms with van der Waals surface area (Å²) in [6.07, 6.45) is 0. The number of nitrogens with zero attached hydrogens (tertiary/aromatic N) is 2. The van der Waals surface area contributed by atoms with Gasteiger partial charge in [-0.25, -0.2) is 9.97 Å². The van der Waals surface area contributed by atoms with Crippen LogP contribution in [0.5, 0.6) is 0 Å². The lowest BCUT2D eigenvalue weighted by molar-refractivity contribution is 0.563. The van der Waals surface area contributed by atoms with E-state index in [1.54, 1.807) is 11.3 Å². The molecule has 0 amide bonds. The Morgan fingerprint density at radius 2 is 2.29 bits per heavy atom. The molecule has 0 bridgehead atoms. The Hall–Kier alpha value is -0.780. The third-order valence-electron chi connectivity index (χ3n) is 2.59. The average molecular weight is 312 g/mol. The van der Waals surface area contributed by atoms with Crippen LogP contribution in [0.1, 0.15) is 29.2 Å². The zero-order chi connectivity index (χ0) is 12.3. The summed E-state index contributed by atoms with van der Waals surface area (Å²) in [5, 5.41) is 3.46. The molecule has 2 rings (SSSR count). The molecule has 0 spiro atoms. The van der Waals surface area contributed by atoms with Crippen molar-refractivity contribution in [2.24, 2.45) is 0 Å². The first-order valence-corrected chi connectivity index (χ1v) is 7.09. The van der Waals surface area contributed by atoms with Crippen LogP contribution in [0.15, 0.2) is 28.3 Å². The Balaban J connectivity index is 1.98. The third kappa shape index (κ3) is 3.34. The normalized spacial score (nSPS) is 12.6. The van der Waals surface area contributed by atoms with Gasteiger partial charge in [-0.05, 0) is 41.9 Å². The number of halogens is 1. The topological polar surface area (TPSA) is 37.8 Å². The molecule has 1 atom stereocenters. The monoisotopic (exact) mass is 311 g/mol. The number of rotatable bonds is 4. The van der Waals surface area contributed by atoms with Crippen LogP contribution in [0.2, 0.25) is 0 Å². The van der Waals surface area contributed by atoms with E-state index in [9.17, 15) is 0 Å². The minimum atomic E-state index is 0.231. The summed E-state index contributed by atoms with van der Waals surface area (Å²) < 4.78 is 0.873. The minimum absolute atomic E-state index is 0.231. The standard InChI is InChI=1S/C12H14BrN3S/c1-8(10-4-3-5-12(13)16-10)14-6-11-9(2)15-7-17-11/h3-5,7-8,14H,6H2,1-2H3/t8-/m0/s1. The maximum atomic E-state index is 4.44. The predicted octanol–water partition coefficient (Wildman–Crippen LogP) is 3.46. The molecule has 0 aliphatic heterocycles. The van der Waals surface area contributed by atoms with Gasteiger partial charge in [-0.15, -0.1) is 11.3 Å². The molecule has 0 radical (unpaired) electrons. The highest BCUT2D eigenvalue weighted by molar-refractivity contribution is 9.10. The van der Waals surface area contributed by atoms with E-state index in [-0.39, 0.29) is 6.04 Å². The van der Waals surface area contributed by atoms with Gasteiger partial charge in [0.15, 0.2) is 0 Å². The molecule has 2 aromatic rings. The highest BCUT2D eigenvalue weighted by atomic mass is 79.9. The molecule has 0 saturated heterocycles. The molecule has 90 valence electrons. The van der Waals surface area contributed by atoms with Crippen molar-refractivity contribution in [3.63, 3.8) is 0 Å². The third-order valence-corrected chi connectivity index (χ3v) is 3.97. The minimum Gasteiger partial charge on any atom is -0.304 e. The van der Waals surface area contributed by atoms with Gasteiger partial charge in [0, 0.05) is 17.5 Å². The molecule has 0 aliphatic rings. The Bertz CT molecular complexity index is 498. The maximum Gasteiger partial charge on any atom is 0.106 e. The van der Waals surface area contributed by atoms with Gasteiger partial charge in [0.05, 0.1) is 16.9 Å². The van der Waals surface area contributed by atoms with Gasteiger partial charge in [0.25, 0.3) is 0 Å². The molecule has 3 nitrogen and oxygen atoms in total. The highest BCUT2D eigenvalue weighted by Crippen LogP contribution is 2.16. The molecule has 0 fully saturated rings. The quantitative estimate of drug-likeness (QED) is 0.879. The first-order valence-electron chi connectivity index (χ1n) is 5.41. The van der Waals surface area contributed by atoms with Crippen molar-refractivity contribution in [1.29, 1.82) is 0 Å². The second kappa shape index (κ2) is 5.71. The molecule has 17 heavy (non-hydrogen) atoms. The molecule has 1 N–H and O–H groups in total. The van der Waals surface area contributed by atoms with Gasteiger partial charge < -0.3 is 5.32 Å². The number of pyridine rings is 1. The fraction of sp³-hybridized carbons (Fsp3) is 0.333. The Morgan fingerprint density at radius 3 is 2.94 bits per heavy atom. The van der Waals surface area contributed by atoms with E-state index >= 15 is 0 Å². The Morgan fingerprint density at radius 1 is 1.47 bits per heavy atom. The summed E-state index contributed by atoms with van der Waals surface area (Å²) in [5.41, 5.74) is 4.03. The van der Waals surface area contributed by atoms with Crippen molar-refractivity contribution >= 4 is 27.3 Å². The number of hydrogen-bond acceptors (Lipinski definition) is 4. The number of thiazole rings is 1. The summed E-state index contributed by atoms with van der Waals surface area (Å²) in [5.74, 6) is 0. The van der Waals surface area contributed by atoms with E-state index in [0.717, 1.165) is 22.5 Å². The van der Waals surface area contributed by atoms with Crippen LogP contribution in [0.25, 0.3) is 0 Å². The molecule has 0 saturated carbocycles. The Kier molecular flexibility index (Phi) is 4.25. The number of nitrogens with one attached hydrogen (secondary N) is 1. The SMILES string of the molecule is Cc1ncsc1CN[C@@H](C)c1cccc(Br)n1. The average Bonchev–Trinajstić information content (AvgIpc) is 2.72. The molecule has 0 unspecified atom stereocenters. The number of hydrogen-bond donors (Lipinski definition) is 1. The fourth-order valence-electron chi connectivity index (χ4n) is 1.51. The van der Waals surface area contributed by atoms with Gasteiger partial charge in [-0.2, -0.15) is 0 Å². The summed E-state index contributed by atoms with van der Waals surface area (Å²) in [7, 11) is 0. The second-order valence-corrected chi connectivity index (χ2v) is 5.60. The van der Waals surface area contributed by atoms with E-state index in [0.29, 0.717) is 0 Å². The van der Waals surface area contributed by atoms with E-state index in [1.165, 1.54) is 4.88 Å². The predicted molar refractivity (Wildman–Crippen MR) is 74.0 cm³/mol. The van der Waals surface area contributed by atoms with Crippen LogP contribution in [0.3, 0.4) is 0 Å². The zero-order valence-electron chi connectivity index (χ0n) is 9.77. The van der Waals surface area contributed by atoms with Crippen LogP contribution in [-0.2, 0) is 6.54 Å². The lowest BCUT2D eigenvalue weighted by Crippen LogP contribution is -2.19. The highest BCUT2D eigenvalue weighted by Gasteiger charge is 2.08. The number of aromatic nitrogens is 2. The maximum absolute atomic E-state index is 4.44. The summed E-state index contributed by atoms with van der Waals surface area (Å²) in [4.78, 5) is 9.96. The molecule has 0 aliphatic carbocycles. The van der Waals surface area contributed by atoms with Crippen molar-refractivity contribution < 1.29 is 0 Å². The van der Waals surface area contributed by atoms with E-state index in [2.05, 4.69) is 38.1 Å².